The molecule has 0 amide bonds. The Balaban J connectivity index is 1.81. The summed E-state index contributed by atoms with van der Waals surface area (Å²) in [6.07, 6.45) is 3.68. The lowest BCUT2D eigenvalue weighted by Gasteiger charge is -2.22. The van der Waals surface area contributed by atoms with Crippen molar-refractivity contribution in [2.24, 2.45) is 0 Å². The summed E-state index contributed by atoms with van der Waals surface area (Å²) in [6, 6.07) is 21.3. The Morgan fingerprint density at radius 1 is 0.741 bits per heavy atom. The first kappa shape index (κ1) is 17.2. The Labute approximate surface area is 160 Å². The Hall–Kier alpha value is -3.20. The normalized spacial score (nSPS) is 12.1. The van der Waals surface area contributed by atoms with E-state index in [-0.39, 0.29) is 6.04 Å². The van der Waals surface area contributed by atoms with Crippen molar-refractivity contribution in [3.05, 3.63) is 101 Å². The van der Waals surface area contributed by atoms with Crippen LogP contribution < -0.4 is 5.32 Å². The minimum atomic E-state index is 0.00464. The van der Waals surface area contributed by atoms with Crippen LogP contribution in [0.1, 0.15) is 33.9 Å². The van der Waals surface area contributed by atoms with Crippen LogP contribution in [0.3, 0.4) is 0 Å². The van der Waals surface area contributed by atoms with E-state index in [4.69, 9.17) is 0 Å². The molecule has 0 saturated carbocycles. The summed E-state index contributed by atoms with van der Waals surface area (Å²) in [7, 11) is 0. The second kappa shape index (κ2) is 7.20. The molecule has 0 radical (unpaired) electrons. The molecular formula is C24H23N3. The molecule has 27 heavy (non-hydrogen) atoms. The molecule has 1 unspecified atom stereocenters. The number of aromatic nitrogens is 2. The summed E-state index contributed by atoms with van der Waals surface area (Å²) < 4.78 is 0. The van der Waals surface area contributed by atoms with Crippen LogP contribution in [-0.4, -0.2) is 9.97 Å². The Morgan fingerprint density at radius 2 is 1.56 bits per heavy atom. The molecule has 0 aliphatic heterocycles. The summed E-state index contributed by atoms with van der Waals surface area (Å²) in [4.78, 5) is 9.03. The molecular weight excluding hydrogens is 330 g/mol. The van der Waals surface area contributed by atoms with E-state index in [2.05, 4.69) is 84.6 Å². The van der Waals surface area contributed by atoms with Crippen LogP contribution in [0.4, 0.5) is 5.82 Å². The van der Waals surface area contributed by atoms with Crippen LogP contribution in [0.15, 0.2) is 73.1 Å². The largest absolute Gasteiger partial charge is 0.359 e. The average molecular weight is 353 g/mol. The van der Waals surface area contributed by atoms with Crippen molar-refractivity contribution < 1.29 is 0 Å². The number of pyridine rings is 2. The Bertz CT molecular complexity index is 1100. The van der Waals surface area contributed by atoms with E-state index in [0.717, 1.165) is 16.7 Å². The maximum absolute atomic E-state index is 4.53. The smallest absolute Gasteiger partial charge is 0.126 e. The maximum atomic E-state index is 4.53. The van der Waals surface area contributed by atoms with Gasteiger partial charge in [0.15, 0.2) is 0 Å². The molecule has 2 heterocycles. The molecule has 134 valence electrons. The zero-order valence-corrected chi connectivity index (χ0v) is 15.9. The van der Waals surface area contributed by atoms with Gasteiger partial charge < -0.3 is 5.32 Å². The first-order valence-electron chi connectivity index (χ1n) is 9.21. The Morgan fingerprint density at radius 3 is 2.37 bits per heavy atom. The van der Waals surface area contributed by atoms with Crippen LogP contribution in [0.25, 0.3) is 10.9 Å². The van der Waals surface area contributed by atoms with Gasteiger partial charge in [-0.2, -0.15) is 0 Å². The minimum Gasteiger partial charge on any atom is -0.359 e. The van der Waals surface area contributed by atoms with Crippen molar-refractivity contribution in [3.8, 4) is 0 Å². The molecule has 1 atom stereocenters. The summed E-state index contributed by atoms with van der Waals surface area (Å²) >= 11 is 0. The van der Waals surface area contributed by atoms with E-state index in [1.54, 1.807) is 0 Å². The van der Waals surface area contributed by atoms with Crippen molar-refractivity contribution in [1.29, 1.82) is 0 Å². The molecule has 1 N–H and O–H groups in total. The minimum absolute atomic E-state index is 0.00464. The molecule has 0 spiro atoms. The molecule has 0 saturated heterocycles. The maximum Gasteiger partial charge on any atom is 0.126 e. The number of benzene rings is 2. The highest BCUT2D eigenvalue weighted by atomic mass is 15.0. The number of nitrogens with zero attached hydrogens (tertiary/aromatic N) is 2. The van der Waals surface area contributed by atoms with Crippen molar-refractivity contribution >= 4 is 16.7 Å². The van der Waals surface area contributed by atoms with E-state index < -0.39 is 0 Å². The van der Waals surface area contributed by atoms with E-state index in [0.29, 0.717) is 0 Å². The molecule has 2 aromatic heterocycles. The van der Waals surface area contributed by atoms with Gasteiger partial charge in [-0.15, -0.1) is 0 Å². The van der Waals surface area contributed by atoms with Crippen LogP contribution in [0, 0.1) is 20.8 Å². The van der Waals surface area contributed by atoms with Gasteiger partial charge in [-0.1, -0.05) is 36.4 Å². The monoisotopic (exact) mass is 353 g/mol. The Kier molecular flexibility index (Phi) is 4.59. The van der Waals surface area contributed by atoms with Crippen molar-refractivity contribution in [2.45, 2.75) is 26.8 Å². The number of hydrogen-bond acceptors (Lipinski definition) is 3. The van der Waals surface area contributed by atoms with Gasteiger partial charge in [-0.3, -0.25) is 4.98 Å². The van der Waals surface area contributed by atoms with Crippen LogP contribution in [-0.2, 0) is 0 Å². The van der Waals surface area contributed by atoms with Crippen LogP contribution >= 0.6 is 0 Å². The standard InChI is InChI=1S/C24H23N3/c1-16-10-12-26-23(13-16)27-24(20-7-6-17(2)18(3)14-20)21-9-8-19-5-4-11-25-22(19)15-21/h4-15,24H,1-3H3,(H,26,27). The van der Waals surface area contributed by atoms with Crippen molar-refractivity contribution in [3.63, 3.8) is 0 Å². The van der Waals surface area contributed by atoms with Crippen molar-refractivity contribution in [1.82, 2.24) is 9.97 Å². The average Bonchev–Trinajstić information content (AvgIpc) is 2.68. The number of aryl methyl sites for hydroxylation is 3. The summed E-state index contributed by atoms with van der Waals surface area (Å²) in [5.41, 5.74) is 7.17. The lowest BCUT2D eigenvalue weighted by atomic mass is 9.94. The molecule has 3 nitrogen and oxygen atoms in total. The van der Waals surface area contributed by atoms with Crippen LogP contribution in [0.5, 0.6) is 0 Å². The second-order valence-electron chi connectivity index (χ2n) is 7.10. The fourth-order valence-corrected chi connectivity index (χ4v) is 3.33. The zero-order valence-electron chi connectivity index (χ0n) is 15.9. The molecule has 0 bridgehead atoms. The molecule has 2 aromatic carbocycles. The van der Waals surface area contributed by atoms with Gasteiger partial charge in [0.1, 0.15) is 5.82 Å². The van der Waals surface area contributed by atoms with Gasteiger partial charge >= 0.3 is 0 Å². The number of anilines is 1. The van der Waals surface area contributed by atoms with Crippen molar-refractivity contribution in [2.75, 3.05) is 5.32 Å². The number of hydrogen-bond donors (Lipinski definition) is 1. The van der Waals surface area contributed by atoms with Crippen LogP contribution in [0.2, 0.25) is 0 Å². The first-order chi connectivity index (χ1) is 13.1. The summed E-state index contributed by atoms with van der Waals surface area (Å²) in [5.74, 6) is 0.874. The lowest BCUT2D eigenvalue weighted by Crippen LogP contribution is -2.14. The predicted octanol–water partition coefficient (Wildman–Crippen LogP) is 5.76. The van der Waals surface area contributed by atoms with Gasteiger partial charge in [-0.25, -0.2) is 4.98 Å². The molecule has 4 rings (SSSR count). The lowest BCUT2D eigenvalue weighted by molar-refractivity contribution is 0.923. The predicted molar refractivity (Wildman–Crippen MR) is 112 cm³/mol. The third-order valence-corrected chi connectivity index (χ3v) is 5.04. The molecule has 0 fully saturated rings. The van der Waals surface area contributed by atoms with Gasteiger partial charge in [0.25, 0.3) is 0 Å². The number of fused-ring (bicyclic) bond motifs is 1. The molecule has 0 aliphatic rings. The zero-order chi connectivity index (χ0) is 18.8. The van der Waals surface area contributed by atoms with E-state index in [9.17, 15) is 0 Å². The number of rotatable bonds is 4. The fourth-order valence-electron chi connectivity index (χ4n) is 3.33. The fraction of sp³-hybridized carbons (Fsp3) is 0.167. The second-order valence-corrected chi connectivity index (χ2v) is 7.10. The third-order valence-electron chi connectivity index (χ3n) is 5.04. The molecule has 3 heteroatoms. The van der Waals surface area contributed by atoms with E-state index in [1.165, 1.54) is 27.8 Å². The quantitative estimate of drug-likeness (QED) is 0.507. The van der Waals surface area contributed by atoms with Gasteiger partial charge in [-0.05, 0) is 72.9 Å². The molecule has 0 aliphatic carbocycles. The topological polar surface area (TPSA) is 37.8 Å². The van der Waals surface area contributed by atoms with Gasteiger partial charge in [0.2, 0.25) is 0 Å². The van der Waals surface area contributed by atoms with Gasteiger partial charge in [0, 0.05) is 17.8 Å². The molecule has 4 aromatic rings. The number of nitrogens with one attached hydrogen (secondary N) is 1. The highest BCUT2D eigenvalue weighted by Crippen LogP contribution is 2.29. The SMILES string of the molecule is Cc1ccnc(NC(c2ccc(C)c(C)c2)c2ccc3cccnc3c2)c1. The highest BCUT2D eigenvalue weighted by molar-refractivity contribution is 5.79. The third kappa shape index (κ3) is 3.68. The summed E-state index contributed by atoms with van der Waals surface area (Å²) in [5, 5.41) is 4.77. The first-order valence-corrected chi connectivity index (χ1v) is 9.21. The van der Waals surface area contributed by atoms with E-state index in [1.807, 2.05) is 24.5 Å². The van der Waals surface area contributed by atoms with E-state index >= 15 is 0 Å². The highest BCUT2D eigenvalue weighted by Gasteiger charge is 2.16. The van der Waals surface area contributed by atoms with Gasteiger partial charge in [0.05, 0.1) is 11.6 Å². The summed E-state index contributed by atoms with van der Waals surface area (Å²) in [6.45, 7) is 6.38.